The van der Waals surface area contributed by atoms with E-state index in [-0.39, 0.29) is 11.6 Å². The molecule has 9 heteroatoms. The first-order valence-electron chi connectivity index (χ1n) is 7.94. The molecule has 1 saturated heterocycles. The van der Waals surface area contributed by atoms with Gasteiger partial charge in [-0.2, -0.15) is 5.26 Å². The Labute approximate surface area is 141 Å². The van der Waals surface area contributed by atoms with Crippen LogP contribution in [0, 0.1) is 11.3 Å². The topological polar surface area (TPSA) is 108 Å². The molecule has 1 atom stereocenters. The molecule has 8 nitrogen and oxygen atoms in total. The molecule has 130 valence electrons. The summed E-state index contributed by atoms with van der Waals surface area (Å²) in [5.41, 5.74) is 0.279. The number of hydrogen-bond donors (Lipinski definition) is 0. The number of amides is 1. The summed E-state index contributed by atoms with van der Waals surface area (Å²) in [5.74, 6) is 1.02. The van der Waals surface area contributed by atoms with Gasteiger partial charge in [-0.3, -0.25) is 4.79 Å². The van der Waals surface area contributed by atoms with E-state index in [0.29, 0.717) is 43.9 Å². The molecule has 0 N–H and O–H groups in total. The Kier molecular flexibility index (Phi) is 4.25. The maximum atomic E-state index is 12.3. The summed E-state index contributed by atoms with van der Waals surface area (Å²) >= 11 is 0. The van der Waals surface area contributed by atoms with Crippen LogP contribution in [0.15, 0.2) is 4.42 Å². The van der Waals surface area contributed by atoms with E-state index < -0.39 is 15.1 Å². The molecule has 2 aliphatic rings. The van der Waals surface area contributed by atoms with Crippen molar-refractivity contribution in [3.8, 4) is 6.07 Å². The summed E-state index contributed by atoms with van der Waals surface area (Å²) in [6.07, 6.45) is 3.14. The summed E-state index contributed by atoms with van der Waals surface area (Å²) in [4.78, 5) is 19.9. The minimum Gasteiger partial charge on any atom is -0.423 e. The lowest BCUT2D eigenvalue weighted by Crippen LogP contribution is -2.52. The molecule has 0 spiro atoms. The molecule has 1 aromatic heterocycles. The number of nitrogens with zero attached hydrogens (tertiary/aromatic N) is 4. The maximum absolute atomic E-state index is 12.3. The third-order valence-electron chi connectivity index (χ3n) is 4.53. The van der Waals surface area contributed by atoms with E-state index in [1.807, 2.05) is 4.90 Å². The second-order valence-corrected chi connectivity index (χ2v) is 8.74. The van der Waals surface area contributed by atoms with Gasteiger partial charge in [0.2, 0.25) is 23.4 Å². The number of hydrogen-bond acceptors (Lipinski definition) is 7. The Morgan fingerprint density at radius 1 is 1.33 bits per heavy atom. The number of carbonyl (C=O) groups is 1. The third kappa shape index (κ3) is 3.24. The van der Waals surface area contributed by atoms with E-state index >= 15 is 0 Å². The van der Waals surface area contributed by atoms with Gasteiger partial charge in [-0.1, -0.05) is 0 Å². The van der Waals surface area contributed by atoms with Crippen molar-refractivity contribution in [3.63, 3.8) is 0 Å². The van der Waals surface area contributed by atoms with Gasteiger partial charge in [0.1, 0.15) is 11.3 Å². The summed E-state index contributed by atoms with van der Waals surface area (Å²) in [5, 5.41) is 8.20. The van der Waals surface area contributed by atoms with Crippen LogP contribution < -0.4 is 4.90 Å². The molecule has 0 bridgehead atoms. The fourth-order valence-corrected chi connectivity index (χ4v) is 3.21. The van der Waals surface area contributed by atoms with Crippen molar-refractivity contribution in [1.82, 2.24) is 9.88 Å². The lowest BCUT2D eigenvalue weighted by atomic mass is 10.2. The SMILES string of the molecule is CC(C(=O)N1CCN(c2oc(C3CC3)nc2C#N)CC1)S(C)(=O)=O. The van der Waals surface area contributed by atoms with Crippen molar-refractivity contribution in [1.29, 1.82) is 5.26 Å². The zero-order valence-corrected chi connectivity index (χ0v) is 14.5. The average molecular weight is 352 g/mol. The molecule has 2 heterocycles. The van der Waals surface area contributed by atoms with E-state index in [0.717, 1.165) is 19.1 Å². The second-order valence-electron chi connectivity index (χ2n) is 6.38. The summed E-state index contributed by atoms with van der Waals surface area (Å²) < 4.78 is 28.8. The van der Waals surface area contributed by atoms with Gasteiger partial charge >= 0.3 is 0 Å². The van der Waals surface area contributed by atoms with Gasteiger partial charge in [0.25, 0.3) is 0 Å². The van der Waals surface area contributed by atoms with Gasteiger partial charge in [0.15, 0.2) is 9.84 Å². The van der Waals surface area contributed by atoms with Crippen LogP contribution in [-0.2, 0) is 14.6 Å². The highest BCUT2D eigenvalue weighted by atomic mass is 32.2. The van der Waals surface area contributed by atoms with E-state index in [9.17, 15) is 18.5 Å². The predicted molar refractivity (Wildman–Crippen MR) is 86.3 cm³/mol. The molecule has 0 radical (unpaired) electrons. The molecule has 3 rings (SSSR count). The van der Waals surface area contributed by atoms with E-state index in [2.05, 4.69) is 11.1 Å². The average Bonchev–Trinajstić information content (AvgIpc) is 3.32. The molecule has 0 aromatic carbocycles. The van der Waals surface area contributed by atoms with Crippen LogP contribution in [0.4, 0.5) is 5.88 Å². The van der Waals surface area contributed by atoms with Crippen molar-refractivity contribution in [2.75, 3.05) is 37.3 Å². The molecule has 1 unspecified atom stereocenters. The van der Waals surface area contributed by atoms with Crippen molar-refractivity contribution in [2.45, 2.75) is 30.9 Å². The molecule has 1 aliphatic heterocycles. The number of aromatic nitrogens is 1. The highest BCUT2D eigenvalue weighted by Gasteiger charge is 2.34. The van der Waals surface area contributed by atoms with Crippen molar-refractivity contribution in [3.05, 3.63) is 11.6 Å². The lowest BCUT2D eigenvalue weighted by Gasteiger charge is -2.35. The molecule has 24 heavy (non-hydrogen) atoms. The van der Waals surface area contributed by atoms with Crippen LogP contribution in [-0.4, -0.2) is 61.9 Å². The number of oxazole rings is 1. The van der Waals surface area contributed by atoms with Gasteiger partial charge in [0, 0.05) is 38.4 Å². The fraction of sp³-hybridized carbons (Fsp3) is 0.667. The van der Waals surface area contributed by atoms with Gasteiger partial charge < -0.3 is 14.2 Å². The number of nitriles is 1. The first-order chi connectivity index (χ1) is 11.3. The van der Waals surface area contributed by atoms with Crippen molar-refractivity contribution in [2.24, 2.45) is 0 Å². The van der Waals surface area contributed by atoms with Crippen LogP contribution in [0.25, 0.3) is 0 Å². The van der Waals surface area contributed by atoms with E-state index in [4.69, 9.17) is 4.42 Å². The predicted octanol–water partition coefficient (Wildman–Crippen LogP) is 0.505. The highest BCUT2D eigenvalue weighted by Crippen LogP contribution is 2.41. The Hall–Kier alpha value is -2.08. The number of rotatable bonds is 4. The largest absolute Gasteiger partial charge is 0.423 e. The number of anilines is 1. The zero-order chi connectivity index (χ0) is 17.5. The quantitative estimate of drug-likeness (QED) is 0.776. The number of sulfone groups is 1. The summed E-state index contributed by atoms with van der Waals surface area (Å²) in [6.45, 7) is 3.16. The Balaban J connectivity index is 1.67. The second kappa shape index (κ2) is 6.09. The van der Waals surface area contributed by atoms with Gasteiger partial charge in [-0.15, -0.1) is 0 Å². The molecule has 1 aromatic rings. The van der Waals surface area contributed by atoms with E-state index in [1.165, 1.54) is 6.92 Å². The zero-order valence-electron chi connectivity index (χ0n) is 13.7. The standard InChI is InChI=1S/C15H20N4O4S/c1-10(24(2,21)22)14(20)18-5-7-19(8-6-18)15-12(9-16)17-13(23-15)11-3-4-11/h10-11H,3-8H2,1-2H3. The summed E-state index contributed by atoms with van der Waals surface area (Å²) in [7, 11) is -3.40. The normalized spacial score (nSPS) is 19.9. The van der Waals surface area contributed by atoms with Crippen LogP contribution in [0.5, 0.6) is 0 Å². The molecule has 1 aliphatic carbocycles. The maximum Gasteiger partial charge on any atom is 0.240 e. The van der Waals surface area contributed by atoms with Gasteiger partial charge in [0.05, 0.1) is 0 Å². The van der Waals surface area contributed by atoms with Crippen LogP contribution >= 0.6 is 0 Å². The molecular formula is C15H20N4O4S. The van der Waals surface area contributed by atoms with Gasteiger partial charge in [-0.05, 0) is 19.8 Å². The number of carbonyl (C=O) groups excluding carboxylic acids is 1. The van der Waals surface area contributed by atoms with Crippen LogP contribution in [0.2, 0.25) is 0 Å². The highest BCUT2D eigenvalue weighted by molar-refractivity contribution is 7.92. The van der Waals surface area contributed by atoms with Crippen molar-refractivity contribution >= 4 is 21.6 Å². The Morgan fingerprint density at radius 2 is 1.96 bits per heavy atom. The first-order valence-corrected chi connectivity index (χ1v) is 9.90. The number of piperazine rings is 1. The Bertz CT molecular complexity index is 783. The van der Waals surface area contributed by atoms with Crippen molar-refractivity contribution < 1.29 is 17.6 Å². The smallest absolute Gasteiger partial charge is 0.240 e. The monoisotopic (exact) mass is 352 g/mol. The summed E-state index contributed by atoms with van der Waals surface area (Å²) in [6, 6.07) is 2.06. The fourth-order valence-electron chi connectivity index (χ4n) is 2.69. The van der Waals surface area contributed by atoms with Gasteiger partial charge in [-0.25, -0.2) is 13.4 Å². The first kappa shape index (κ1) is 16.8. The van der Waals surface area contributed by atoms with E-state index in [1.54, 1.807) is 4.90 Å². The van der Waals surface area contributed by atoms with Crippen LogP contribution in [0.1, 0.15) is 37.3 Å². The molecule has 2 fully saturated rings. The minimum absolute atomic E-state index is 0.279. The molecule has 1 amide bonds. The minimum atomic E-state index is -3.40. The van der Waals surface area contributed by atoms with Crippen LogP contribution in [0.3, 0.4) is 0 Å². The molecule has 1 saturated carbocycles. The lowest BCUT2D eigenvalue weighted by molar-refractivity contribution is -0.130. The molecular weight excluding hydrogens is 332 g/mol. The Morgan fingerprint density at radius 3 is 2.46 bits per heavy atom. The third-order valence-corrected chi connectivity index (χ3v) is 6.01.